The van der Waals surface area contributed by atoms with E-state index in [1.54, 1.807) is 0 Å². The number of halogens is 3. The van der Waals surface area contributed by atoms with E-state index in [0.717, 1.165) is 38.5 Å². The summed E-state index contributed by atoms with van der Waals surface area (Å²) in [5, 5.41) is 19.7. The lowest BCUT2D eigenvalue weighted by atomic mass is 9.43. The highest BCUT2D eigenvalue weighted by Crippen LogP contribution is 2.68. The summed E-state index contributed by atoms with van der Waals surface area (Å²) in [7, 11) is 0. The van der Waals surface area contributed by atoms with Crippen molar-refractivity contribution in [2.75, 3.05) is 6.61 Å². The molecule has 4 saturated carbocycles. The molecule has 0 aromatic carbocycles. The third-order valence-electron chi connectivity index (χ3n) is 9.80. The monoisotopic (exact) mass is 402 g/mol. The molecule has 4 aliphatic rings. The average molecular weight is 402 g/mol. The Bertz CT molecular complexity index is 649. The number of carbonyl (C=O) groups excluding carboxylic acids is 1. The normalized spacial score (nSPS) is 51.2. The molecule has 4 fully saturated rings. The number of hydrogen-bond acceptors (Lipinski definition) is 3. The van der Waals surface area contributed by atoms with Gasteiger partial charge in [0.25, 0.3) is 0 Å². The molecule has 0 radical (unpaired) electrons. The molecule has 0 saturated heterocycles. The summed E-state index contributed by atoms with van der Waals surface area (Å²) in [6.45, 7) is 3.98. The number of alkyl halides is 3. The van der Waals surface area contributed by atoms with Crippen LogP contribution in [-0.4, -0.2) is 34.4 Å². The molecule has 4 rings (SSSR count). The summed E-state index contributed by atoms with van der Waals surface area (Å²) < 4.78 is 40.3. The lowest BCUT2D eigenvalue weighted by molar-refractivity contribution is -0.290. The second-order valence-electron chi connectivity index (χ2n) is 10.7. The van der Waals surface area contributed by atoms with Crippen LogP contribution in [0.4, 0.5) is 13.2 Å². The van der Waals surface area contributed by atoms with Crippen LogP contribution in [0.5, 0.6) is 0 Å². The summed E-state index contributed by atoms with van der Waals surface area (Å²) in [4.78, 5) is 12.3. The van der Waals surface area contributed by atoms with Crippen LogP contribution in [0.3, 0.4) is 0 Å². The summed E-state index contributed by atoms with van der Waals surface area (Å²) in [5.74, 6) is 1.05. The molecule has 0 amide bonds. The zero-order valence-electron chi connectivity index (χ0n) is 16.9. The van der Waals surface area contributed by atoms with E-state index in [-0.39, 0.29) is 41.3 Å². The van der Waals surface area contributed by atoms with Gasteiger partial charge in [-0.25, -0.2) is 0 Å². The topological polar surface area (TPSA) is 57.5 Å². The summed E-state index contributed by atoms with van der Waals surface area (Å²) >= 11 is 0. The molecule has 0 unspecified atom stereocenters. The zero-order chi connectivity index (χ0) is 20.5. The van der Waals surface area contributed by atoms with E-state index in [9.17, 15) is 28.2 Å². The van der Waals surface area contributed by atoms with Crippen LogP contribution in [0.1, 0.15) is 71.6 Å². The fourth-order valence-electron chi connectivity index (χ4n) is 8.14. The fraction of sp³-hybridized carbons (Fsp3) is 0.955. The predicted octanol–water partition coefficient (Wildman–Crippen LogP) is 4.50. The number of carbonyl (C=O) groups is 1. The zero-order valence-corrected chi connectivity index (χ0v) is 16.9. The maximum atomic E-state index is 13.4. The Morgan fingerprint density at radius 1 is 0.964 bits per heavy atom. The van der Waals surface area contributed by atoms with Gasteiger partial charge in [0.15, 0.2) is 11.4 Å². The smallest absolute Gasteiger partial charge is 0.389 e. The highest BCUT2D eigenvalue weighted by molar-refractivity contribution is 5.83. The summed E-state index contributed by atoms with van der Waals surface area (Å²) in [6, 6.07) is 0. The third-order valence-corrected chi connectivity index (χ3v) is 9.80. The van der Waals surface area contributed by atoms with Crippen LogP contribution in [0, 0.1) is 40.4 Å². The van der Waals surface area contributed by atoms with E-state index in [1.807, 2.05) is 0 Å². The minimum absolute atomic E-state index is 0.0451. The van der Waals surface area contributed by atoms with E-state index < -0.39 is 18.4 Å². The van der Waals surface area contributed by atoms with Crippen LogP contribution < -0.4 is 0 Å². The van der Waals surface area contributed by atoms with E-state index in [4.69, 9.17) is 0 Å². The molecule has 0 heterocycles. The first-order chi connectivity index (χ1) is 13.0. The van der Waals surface area contributed by atoms with Gasteiger partial charge >= 0.3 is 6.18 Å². The Kier molecular flexibility index (Phi) is 4.75. The van der Waals surface area contributed by atoms with Crippen molar-refractivity contribution in [1.29, 1.82) is 0 Å². The first-order valence-electron chi connectivity index (χ1n) is 10.9. The van der Waals surface area contributed by atoms with Crippen molar-refractivity contribution in [1.82, 2.24) is 0 Å². The highest BCUT2D eigenvalue weighted by Gasteiger charge is 2.65. The first kappa shape index (κ1) is 20.6. The van der Waals surface area contributed by atoms with Gasteiger partial charge in [0.05, 0.1) is 0 Å². The average Bonchev–Trinajstić information content (AvgIpc) is 2.98. The van der Waals surface area contributed by atoms with Crippen LogP contribution in [0.2, 0.25) is 0 Å². The van der Waals surface area contributed by atoms with Gasteiger partial charge in [0.1, 0.15) is 6.61 Å². The standard InChI is InChI=1S/C22H33F3O3/c1-19-9-10-21(28,22(23,24)25)11-13(19)3-4-14-15-5-6-17(18(27)12-26)20(15,2)8-7-16(14)19/h13-17,26,28H,3-12H2,1-2H3/t13-,14+,15+,16+,17-,19+,20+,21-/m1/s1. The van der Waals surface area contributed by atoms with Crippen molar-refractivity contribution in [2.24, 2.45) is 40.4 Å². The maximum Gasteiger partial charge on any atom is 0.417 e. The van der Waals surface area contributed by atoms with Gasteiger partial charge in [-0.2, -0.15) is 13.2 Å². The van der Waals surface area contributed by atoms with Crippen LogP contribution in [-0.2, 0) is 4.79 Å². The Morgan fingerprint density at radius 3 is 2.29 bits per heavy atom. The minimum Gasteiger partial charge on any atom is -0.389 e. The fourth-order valence-corrected chi connectivity index (χ4v) is 8.14. The Labute approximate surface area is 165 Å². The third kappa shape index (κ3) is 2.73. The molecule has 0 spiro atoms. The van der Waals surface area contributed by atoms with Crippen molar-refractivity contribution in [2.45, 2.75) is 83.4 Å². The number of ketones is 1. The molecule has 0 bridgehead atoms. The SMILES string of the molecule is C[C@]12CC[C@](O)(C(F)(F)F)C[C@H]1CC[C@@H]1[C@@H]2CC[C@]2(C)[C@@H](C(=O)CO)CC[C@@H]12. The van der Waals surface area contributed by atoms with E-state index >= 15 is 0 Å². The number of hydrogen-bond donors (Lipinski definition) is 2. The number of fused-ring (bicyclic) bond motifs is 5. The van der Waals surface area contributed by atoms with Crippen LogP contribution >= 0.6 is 0 Å². The van der Waals surface area contributed by atoms with Gasteiger partial charge in [-0.3, -0.25) is 4.79 Å². The van der Waals surface area contributed by atoms with Gasteiger partial charge < -0.3 is 10.2 Å². The summed E-state index contributed by atoms with van der Waals surface area (Å²) in [6.07, 6.45) is 0.839. The molecule has 28 heavy (non-hydrogen) atoms. The number of aliphatic hydroxyl groups excluding tert-OH is 1. The molecule has 160 valence electrons. The van der Waals surface area contributed by atoms with Gasteiger partial charge in [0.2, 0.25) is 0 Å². The minimum atomic E-state index is -4.56. The molecule has 0 aliphatic heterocycles. The van der Waals surface area contributed by atoms with Gasteiger partial charge in [-0.15, -0.1) is 0 Å². The van der Waals surface area contributed by atoms with E-state index in [2.05, 4.69) is 13.8 Å². The second-order valence-corrected chi connectivity index (χ2v) is 10.7. The lowest BCUT2D eigenvalue weighted by Crippen LogP contribution is -2.59. The van der Waals surface area contributed by atoms with Crippen LogP contribution in [0.15, 0.2) is 0 Å². The first-order valence-corrected chi connectivity index (χ1v) is 10.9. The van der Waals surface area contributed by atoms with Crippen molar-refractivity contribution >= 4 is 5.78 Å². The van der Waals surface area contributed by atoms with Gasteiger partial charge in [0, 0.05) is 5.92 Å². The van der Waals surface area contributed by atoms with Crippen molar-refractivity contribution in [3.05, 3.63) is 0 Å². The van der Waals surface area contributed by atoms with E-state index in [0.29, 0.717) is 24.2 Å². The lowest BCUT2D eigenvalue weighted by Gasteiger charge is -2.62. The molecule has 3 nitrogen and oxygen atoms in total. The maximum absolute atomic E-state index is 13.4. The van der Waals surface area contributed by atoms with Crippen molar-refractivity contribution in [3.8, 4) is 0 Å². The molecular formula is C22H33F3O3. The Balaban J connectivity index is 1.57. The second kappa shape index (κ2) is 6.44. The predicted molar refractivity (Wildman–Crippen MR) is 98.3 cm³/mol. The largest absolute Gasteiger partial charge is 0.417 e. The van der Waals surface area contributed by atoms with Crippen molar-refractivity contribution in [3.63, 3.8) is 0 Å². The molecule has 0 aromatic heterocycles. The highest BCUT2D eigenvalue weighted by atomic mass is 19.4. The van der Waals surface area contributed by atoms with Crippen molar-refractivity contribution < 1.29 is 28.2 Å². The Morgan fingerprint density at radius 2 is 1.64 bits per heavy atom. The molecule has 2 N–H and O–H groups in total. The summed E-state index contributed by atoms with van der Waals surface area (Å²) in [5.41, 5.74) is -2.76. The number of Topliss-reactive ketones (excluding diaryl/α,β-unsaturated/α-hetero) is 1. The Hall–Kier alpha value is -0.620. The molecule has 8 atom stereocenters. The number of rotatable bonds is 2. The molecule has 0 aromatic rings. The molecule has 4 aliphatic carbocycles. The van der Waals surface area contributed by atoms with E-state index in [1.165, 1.54) is 0 Å². The number of aliphatic hydroxyl groups is 2. The molecular weight excluding hydrogens is 369 g/mol. The van der Waals surface area contributed by atoms with Crippen LogP contribution in [0.25, 0.3) is 0 Å². The quantitative estimate of drug-likeness (QED) is 0.715. The molecule has 6 heteroatoms. The van der Waals surface area contributed by atoms with Gasteiger partial charge in [-0.05, 0) is 92.3 Å². The van der Waals surface area contributed by atoms with Gasteiger partial charge in [-0.1, -0.05) is 13.8 Å².